The summed E-state index contributed by atoms with van der Waals surface area (Å²) in [4.78, 5) is 14.0. The average Bonchev–Trinajstić information content (AvgIpc) is 2.51. The Balaban J connectivity index is 2.16. The van der Waals surface area contributed by atoms with Crippen molar-refractivity contribution in [3.8, 4) is 0 Å². The van der Waals surface area contributed by atoms with Gasteiger partial charge in [-0.1, -0.05) is 49.7 Å². The molecule has 0 radical (unpaired) electrons. The van der Waals surface area contributed by atoms with E-state index < -0.39 is 0 Å². The number of unbranched alkanes of at least 4 members (excludes halogenated alkanes) is 1. The van der Waals surface area contributed by atoms with E-state index in [1.54, 1.807) is 4.90 Å². The van der Waals surface area contributed by atoms with Crippen molar-refractivity contribution in [3.05, 3.63) is 42.5 Å². The Morgan fingerprint density at radius 1 is 1.14 bits per heavy atom. The third-order valence-electron chi connectivity index (χ3n) is 3.47. The van der Waals surface area contributed by atoms with Crippen molar-refractivity contribution in [2.24, 2.45) is 0 Å². The fourth-order valence-electron chi connectivity index (χ4n) is 2.31. The lowest BCUT2D eigenvalue weighted by molar-refractivity contribution is 0.187. The molecule has 0 fully saturated rings. The predicted molar refractivity (Wildman–Crippen MR) is 86.5 cm³/mol. The zero-order valence-electron chi connectivity index (χ0n) is 12.4. The van der Waals surface area contributed by atoms with E-state index >= 15 is 0 Å². The number of hydrogen-bond donors (Lipinski definition) is 2. The van der Waals surface area contributed by atoms with Crippen LogP contribution in [0.25, 0.3) is 10.8 Å². The number of hydrogen-bond acceptors (Lipinski definition) is 2. The lowest BCUT2D eigenvalue weighted by Crippen LogP contribution is -2.37. The second kappa shape index (κ2) is 7.64. The maximum atomic E-state index is 12.4. The van der Waals surface area contributed by atoms with Gasteiger partial charge in [0, 0.05) is 18.5 Å². The maximum Gasteiger partial charge on any atom is 0.321 e. The number of anilines is 1. The molecule has 0 heterocycles. The molecule has 0 aliphatic carbocycles. The molecule has 0 spiro atoms. The highest BCUT2D eigenvalue weighted by molar-refractivity contribution is 6.01. The number of carbonyl (C=O) groups excluding carboxylic acids is 1. The predicted octanol–water partition coefficient (Wildman–Crippen LogP) is 3.47. The highest BCUT2D eigenvalue weighted by Crippen LogP contribution is 2.23. The van der Waals surface area contributed by atoms with E-state index in [1.807, 2.05) is 42.5 Å². The third-order valence-corrected chi connectivity index (χ3v) is 3.47. The van der Waals surface area contributed by atoms with Crippen molar-refractivity contribution in [1.82, 2.24) is 4.90 Å². The van der Waals surface area contributed by atoms with E-state index in [-0.39, 0.29) is 12.6 Å². The van der Waals surface area contributed by atoms with Gasteiger partial charge in [0.25, 0.3) is 0 Å². The zero-order chi connectivity index (χ0) is 15.1. The SMILES string of the molecule is CCCCN(CCO)C(=O)Nc1cccc2ccccc12. The van der Waals surface area contributed by atoms with E-state index in [9.17, 15) is 4.79 Å². The average molecular weight is 286 g/mol. The monoisotopic (exact) mass is 286 g/mol. The quantitative estimate of drug-likeness (QED) is 0.854. The van der Waals surface area contributed by atoms with Crippen LogP contribution in [0.4, 0.5) is 10.5 Å². The van der Waals surface area contributed by atoms with Gasteiger partial charge < -0.3 is 15.3 Å². The van der Waals surface area contributed by atoms with Crippen LogP contribution in [0.15, 0.2) is 42.5 Å². The largest absolute Gasteiger partial charge is 0.395 e. The number of nitrogens with one attached hydrogen (secondary N) is 1. The number of rotatable bonds is 6. The van der Waals surface area contributed by atoms with Crippen LogP contribution in [0.1, 0.15) is 19.8 Å². The van der Waals surface area contributed by atoms with E-state index in [1.165, 1.54) is 0 Å². The number of urea groups is 1. The Labute approximate surface area is 125 Å². The van der Waals surface area contributed by atoms with Gasteiger partial charge in [-0.2, -0.15) is 0 Å². The minimum absolute atomic E-state index is 0.0212. The van der Waals surface area contributed by atoms with Crippen LogP contribution in [0.2, 0.25) is 0 Å². The topological polar surface area (TPSA) is 52.6 Å². The second-order valence-corrected chi connectivity index (χ2v) is 5.02. The molecule has 2 aromatic rings. The molecule has 4 heteroatoms. The van der Waals surface area contributed by atoms with Gasteiger partial charge in [-0.3, -0.25) is 0 Å². The van der Waals surface area contributed by atoms with Crippen LogP contribution in [0.3, 0.4) is 0 Å². The molecule has 112 valence electrons. The molecule has 0 unspecified atom stereocenters. The van der Waals surface area contributed by atoms with Gasteiger partial charge >= 0.3 is 6.03 Å². The summed E-state index contributed by atoms with van der Waals surface area (Å²) in [6.45, 7) is 3.08. The summed E-state index contributed by atoms with van der Waals surface area (Å²) in [5, 5.41) is 14.2. The number of aliphatic hydroxyl groups excluding tert-OH is 1. The first-order chi connectivity index (χ1) is 10.3. The first-order valence-corrected chi connectivity index (χ1v) is 7.40. The first kappa shape index (κ1) is 15.3. The van der Waals surface area contributed by atoms with Gasteiger partial charge in [0.2, 0.25) is 0 Å². The lowest BCUT2D eigenvalue weighted by Gasteiger charge is -2.22. The number of fused-ring (bicyclic) bond motifs is 1. The van der Waals surface area contributed by atoms with Crippen LogP contribution in [-0.4, -0.2) is 35.7 Å². The Morgan fingerprint density at radius 2 is 1.90 bits per heavy atom. The summed E-state index contributed by atoms with van der Waals surface area (Å²) in [7, 11) is 0. The van der Waals surface area contributed by atoms with Crippen LogP contribution >= 0.6 is 0 Å². The number of nitrogens with zero attached hydrogens (tertiary/aromatic N) is 1. The molecule has 0 bridgehead atoms. The Hall–Kier alpha value is -2.07. The molecule has 2 rings (SSSR count). The third kappa shape index (κ3) is 3.95. The summed E-state index contributed by atoms with van der Waals surface area (Å²) in [6.07, 6.45) is 1.95. The lowest BCUT2D eigenvalue weighted by atomic mass is 10.1. The summed E-state index contributed by atoms with van der Waals surface area (Å²) in [5.41, 5.74) is 0.803. The van der Waals surface area contributed by atoms with Crippen LogP contribution in [-0.2, 0) is 0 Å². The summed E-state index contributed by atoms with van der Waals surface area (Å²) in [6, 6.07) is 13.6. The zero-order valence-corrected chi connectivity index (χ0v) is 12.4. The molecule has 0 aliphatic heterocycles. The Morgan fingerprint density at radius 3 is 2.67 bits per heavy atom. The van der Waals surface area contributed by atoms with E-state index in [0.717, 1.165) is 29.3 Å². The molecule has 0 aromatic heterocycles. The van der Waals surface area contributed by atoms with Crippen molar-refractivity contribution in [1.29, 1.82) is 0 Å². The second-order valence-electron chi connectivity index (χ2n) is 5.02. The summed E-state index contributed by atoms with van der Waals surface area (Å²) in [5.74, 6) is 0. The highest BCUT2D eigenvalue weighted by atomic mass is 16.3. The van der Waals surface area contributed by atoms with Gasteiger partial charge in [0.15, 0.2) is 0 Å². The Kier molecular flexibility index (Phi) is 5.58. The van der Waals surface area contributed by atoms with E-state index in [2.05, 4.69) is 12.2 Å². The van der Waals surface area contributed by atoms with Gasteiger partial charge in [0.1, 0.15) is 0 Å². The van der Waals surface area contributed by atoms with Gasteiger partial charge in [0.05, 0.1) is 12.3 Å². The number of carbonyl (C=O) groups is 1. The fraction of sp³-hybridized carbons (Fsp3) is 0.353. The molecule has 2 aromatic carbocycles. The molecule has 0 atom stereocenters. The van der Waals surface area contributed by atoms with Crippen molar-refractivity contribution in [2.75, 3.05) is 25.0 Å². The van der Waals surface area contributed by atoms with Crippen molar-refractivity contribution < 1.29 is 9.90 Å². The van der Waals surface area contributed by atoms with Crippen molar-refractivity contribution >= 4 is 22.5 Å². The molecule has 2 amide bonds. The standard InChI is InChI=1S/C17H22N2O2/c1-2-3-11-19(12-13-20)17(21)18-16-10-6-8-14-7-4-5-9-15(14)16/h4-10,20H,2-3,11-13H2,1H3,(H,18,21). The number of benzene rings is 2. The van der Waals surface area contributed by atoms with Gasteiger partial charge in [-0.15, -0.1) is 0 Å². The van der Waals surface area contributed by atoms with E-state index in [4.69, 9.17) is 5.11 Å². The molecular weight excluding hydrogens is 264 g/mol. The Bertz CT molecular complexity index is 593. The summed E-state index contributed by atoms with van der Waals surface area (Å²) >= 11 is 0. The molecular formula is C17H22N2O2. The molecule has 0 saturated heterocycles. The first-order valence-electron chi connectivity index (χ1n) is 7.40. The molecule has 0 saturated carbocycles. The molecule has 4 nitrogen and oxygen atoms in total. The summed E-state index contributed by atoms with van der Waals surface area (Å²) < 4.78 is 0. The molecule has 2 N–H and O–H groups in total. The van der Waals surface area contributed by atoms with Gasteiger partial charge in [-0.05, 0) is 17.9 Å². The fourth-order valence-corrected chi connectivity index (χ4v) is 2.31. The minimum Gasteiger partial charge on any atom is -0.395 e. The molecule has 21 heavy (non-hydrogen) atoms. The van der Waals surface area contributed by atoms with Crippen molar-refractivity contribution in [3.63, 3.8) is 0 Å². The number of amides is 2. The maximum absolute atomic E-state index is 12.4. The molecule has 0 aliphatic rings. The minimum atomic E-state index is -0.158. The highest BCUT2D eigenvalue weighted by Gasteiger charge is 2.13. The van der Waals surface area contributed by atoms with Crippen LogP contribution in [0, 0.1) is 0 Å². The smallest absolute Gasteiger partial charge is 0.321 e. The van der Waals surface area contributed by atoms with Crippen LogP contribution in [0.5, 0.6) is 0 Å². The van der Waals surface area contributed by atoms with Gasteiger partial charge in [-0.25, -0.2) is 4.79 Å². The number of aliphatic hydroxyl groups is 1. The van der Waals surface area contributed by atoms with Crippen molar-refractivity contribution in [2.45, 2.75) is 19.8 Å². The normalized spacial score (nSPS) is 10.6. The van der Waals surface area contributed by atoms with E-state index in [0.29, 0.717) is 13.1 Å². The van der Waals surface area contributed by atoms with Crippen LogP contribution < -0.4 is 5.32 Å².